The third-order valence-electron chi connectivity index (χ3n) is 4.59. The predicted molar refractivity (Wildman–Crippen MR) is 108 cm³/mol. The fraction of sp³-hybridized carbons (Fsp3) is 0.364. The van der Waals surface area contributed by atoms with Crippen molar-refractivity contribution >= 4 is 27.1 Å². The molecule has 2 aromatic carbocycles. The van der Waals surface area contributed by atoms with Crippen LogP contribution >= 0.6 is 11.3 Å². The highest BCUT2D eigenvalue weighted by Crippen LogP contribution is 2.26. The Morgan fingerprint density at radius 2 is 1.38 bits per heavy atom. The van der Waals surface area contributed by atoms with Crippen LogP contribution in [0.5, 0.6) is 0 Å². The van der Waals surface area contributed by atoms with Crippen molar-refractivity contribution in [1.82, 2.24) is 0 Å². The smallest absolute Gasteiger partial charge is 0.0345 e. The molecule has 0 spiro atoms. The Hall–Kier alpha value is -1.80. The molecule has 0 aliphatic rings. The zero-order chi connectivity index (χ0) is 16.6. The lowest BCUT2D eigenvalue weighted by Gasteiger charge is -2.03. The number of aryl methyl sites for hydroxylation is 2. The zero-order valence-corrected chi connectivity index (χ0v) is 15.2. The summed E-state index contributed by atoms with van der Waals surface area (Å²) in [5.74, 6) is 0. The standard InChI is InChI=1S/C22H27NS/c23-20-15-13-18(14-16-20)9-5-3-1-2-4-6-11-21-17-19-10-7-8-12-22(19)24-21/h7-8,10,12-17H,1-6,9,11,23H2. The summed E-state index contributed by atoms with van der Waals surface area (Å²) in [5, 5.41) is 1.40. The third kappa shape index (κ3) is 5.10. The van der Waals surface area contributed by atoms with Crippen molar-refractivity contribution in [2.24, 2.45) is 0 Å². The van der Waals surface area contributed by atoms with Crippen molar-refractivity contribution in [2.45, 2.75) is 51.4 Å². The van der Waals surface area contributed by atoms with E-state index in [1.54, 1.807) is 4.88 Å². The minimum absolute atomic E-state index is 0.859. The van der Waals surface area contributed by atoms with Gasteiger partial charge in [0.15, 0.2) is 0 Å². The van der Waals surface area contributed by atoms with Gasteiger partial charge in [-0.15, -0.1) is 11.3 Å². The first-order valence-electron chi connectivity index (χ1n) is 9.13. The molecule has 1 nitrogen and oxygen atoms in total. The van der Waals surface area contributed by atoms with Gasteiger partial charge in [-0.05, 0) is 60.9 Å². The Labute approximate surface area is 149 Å². The molecule has 0 aliphatic carbocycles. The summed E-state index contributed by atoms with van der Waals surface area (Å²) in [7, 11) is 0. The summed E-state index contributed by atoms with van der Waals surface area (Å²) in [6, 6.07) is 19.4. The Kier molecular flexibility index (Phi) is 6.31. The van der Waals surface area contributed by atoms with Crippen molar-refractivity contribution in [3.63, 3.8) is 0 Å². The third-order valence-corrected chi connectivity index (χ3v) is 5.77. The highest BCUT2D eigenvalue weighted by atomic mass is 32.1. The van der Waals surface area contributed by atoms with Crippen molar-refractivity contribution in [1.29, 1.82) is 0 Å². The quantitative estimate of drug-likeness (QED) is 0.345. The molecule has 1 heterocycles. The van der Waals surface area contributed by atoms with Crippen LogP contribution in [0, 0.1) is 0 Å². The number of nitrogen functional groups attached to an aromatic ring is 1. The minimum Gasteiger partial charge on any atom is -0.399 e. The molecule has 0 saturated heterocycles. The molecule has 0 amide bonds. The van der Waals surface area contributed by atoms with Gasteiger partial charge in [0, 0.05) is 15.3 Å². The Morgan fingerprint density at radius 3 is 2.12 bits per heavy atom. The monoisotopic (exact) mass is 337 g/mol. The van der Waals surface area contributed by atoms with Crippen molar-refractivity contribution in [3.05, 3.63) is 65.0 Å². The van der Waals surface area contributed by atoms with Gasteiger partial charge in [-0.1, -0.05) is 56.0 Å². The first kappa shape index (κ1) is 17.0. The maximum atomic E-state index is 5.71. The molecule has 0 radical (unpaired) electrons. The SMILES string of the molecule is Nc1ccc(CCCCCCCCc2cc3ccccc3s2)cc1. The highest BCUT2D eigenvalue weighted by Gasteiger charge is 2.01. The van der Waals surface area contributed by atoms with Crippen molar-refractivity contribution in [2.75, 3.05) is 5.73 Å². The molecular formula is C22H27NS. The number of rotatable bonds is 9. The van der Waals surface area contributed by atoms with Crippen LogP contribution < -0.4 is 5.73 Å². The number of hydrogen-bond acceptors (Lipinski definition) is 2. The predicted octanol–water partition coefficient (Wildman–Crippen LogP) is 6.61. The average Bonchev–Trinajstić information content (AvgIpc) is 3.01. The van der Waals surface area contributed by atoms with E-state index in [-0.39, 0.29) is 0 Å². The lowest BCUT2D eigenvalue weighted by Crippen LogP contribution is -1.89. The van der Waals surface area contributed by atoms with E-state index in [0.29, 0.717) is 0 Å². The zero-order valence-electron chi connectivity index (χ0n) is 14.3. The summed E-state index contributed by atoms with van der Waals surface area (Å²) in [6.07, 6.45) is 10.5. The first-order chi connectivity index (χ1) is 11.8. The van der Waals surface area contributed by atoms with Crippen molar-refractivity contribution in [3.8, 4) is 0 Å². The maximum absolute atomic E-state index is 5.71. The summed E-state index contributed by atoms with van der Waals surface area (Å²) in [4.78, 5) is 1.54. The Balaban J connectivity index is 1.25. The molecule has 0 saturated carbocycles. The van der Waals surface area contributed by atoms with E-state index >= 15 is 0 Å². The first-order valence-corrected chi connectivity index (χ1v) is 9.95. The van der Waals surface area contributed by atoms with E-state index in [0.717, 1.165) is 5.69 Å². The topological polar surface area (TPSA) is 26.0 Å². The highest BCUT2D eigenvalue weighted by molar-refractivity contribution is 7.19. The summed E-state index contributed by atoms with van der Waals surface area (Å²) < 4.78 is 1.43. The molecule has 24 heavy (non-hydrogen) atoms. The van der Waals surface area contributed by atoms with Gasteiger partial charge < -0.3 is 5.73 Å². The molecule has 2 N–H and O–H groups in total. The van der Waals surface area contributed by atoms with Gasteiger partial charge in [0.25, 0.3) is 0 Å². The second-order valence-corrected chi connectivity index (χ2v) is 7.78. The molecule has 2 heteroatoms. The number of fused-ring (bicyclic) bond motifs is 1. The molecule has 0 atom stereocenters. The van der Waals surface area contributed by atoms with Crippen molar-refractivity contribution < 1.29 is 0 Å². The van der Waals surface area contributed by atoms with Gasteiger partial charge in [0.05, 0.1) is 0 Å². The Bertz CT molecular complexity index is 709. The van der Waals surface area contributed by atoms with E-state index in [9.17, 15) is 0 Å². The van der Waals surface area contributed by atoms with E-state index in [2.05, 4.69) is 42.5 Å². The summed E-state index contributed by atoms with van der Waals surface area (Å²) in [5.41, 5.74) is 7.98. The second kappa shape index (κ2) is 8.89. The number of nitrogens with two attached hydrogens (primary N) is 1. The molecule has 0 fully saturated rings. The normalized spacial score (nSPS) is 11.2. The fourth-order valence-electron chi connectivity index (χ4n) is 3.18. The number of hydrogen-bond donors (Lipinski definition) is 1. The molecular weight excluding hydrogens is 310 g/mol. The van der Waals surface area contributed by atoms with Gasteiger partial charge in [-0.2, -0.15) is 0 Å². The van der Waals surface area contributed by atoms with Crippen LogP contribution in [0.1, 0.15) is 49.0 Å². The van der Waals surface area contributed by atoms with Crippen LogP contribution in [-0.4, -0.2) is 0 Å². The van der Waals surface area contributed by atoms with Crippen LogP contribution in [-0.2, 0) is 12.8 Å². The van der Waals surface area contributed by atoms with Gasteiger partial charge in [0.2, 0.25) is 0 Å². The lowest BCUT2D eigenvalue weighted by molar-refractivity contribution is 0.595. The molecule has 3 rings (SSSR count). The Morgan fingerprint density at radius 1 is 0.708 bits per heavy atom. The summed E-state index contributed by atoms with van der Waals surface area (Å²) in [6.45, 7) is 0. The van der Waals surface area contributed by atoms with E-state index in [1.165, 1.54) is 67.0 Å². The molecule has 126 valence electrons. The molecule has 0 bridgehead atoms. The van der Waals surface area contributed by atoms with E-state index in [4.69, 9.17) is 5.73 Å². The number of unbranched alkanes of at least 4 members (excludes halogenated alkanes) is 5. The lowest BCUT2D eigenvalue weighted by atomic mass is 10.0. The maximum Gasteiger partial charge on any atom is 0.0345 e. The second-order valence-electron chi connectivity index (χ2n) is 6.61. The molecule has 0 unspecified atom stereocenters. The largest absolute Gasteiger partial charge is 0.399 e. The van der Waals surface area contributed by atoms with Crippen LogP contribution in [0.3, 0.4) is 0 Å². The summed E-state index contributed by atoms with van der Waals surface area (Å²) >= 11 is 1.96. The fourth-order valence-corrected chi connectivity index (χ4v) is 4.29. The van der Waals surface area contributed by atoms with Crippen LogP contribution in [0.25, 0.3) is 10.1 Å². The number of benzene rings is 2. The molecule has 1 aromatic heterocycles. The van der Waals surface area contributed by atoms with Crippen LogP contribution in [0.4, 0.5) is 5.69 Å². The van der Waals surface area contributed by atoms with Gasteiger partial charge >= 0.3 is 0 Å². The van der Waals surface area contributed by atoms with Crippen LogP contribution in [0.15, 0.2) is 54.6 Å². The molecule has 0 aliphatic heterocycles. The number of thiophene rings is 1. The number of anilines is 1. The average molecular weight is 338 g/mol. The van der Waals surface area contributed by atoms with Gasteiger partial charge in [-0.25, -0.2) is 0 Å². The van der Waals surface area contributed by atoms with Gasteiger partial charge in [0.1, 0.15) is 0 Å². The van der Waals surface area contributed by atoms with Gasteiger partial charge in [-0.3, -0.25) is 0 Å². The van der Waals surface area contributed by atoms with E-state index < -0.39 is 0 Å². The molecule has 3 aromatic rings. The minimum atomic E-state index is 0.859. The van der Waals surface area contributed by atoms with Crippen LogP contribution in [0.2, 0.25) is 0 Å². The van der Waals surface area contributed by atoms with E-state index in [1.807, 2.05) is 23.5 Å².